The molecule has 0 radical (unpaired) electrons. The summed E-state index contributed by atoms with van der Waals surface area (Å²) in [4.78, 5) is 16.5. The van der Waals surface area contributed by atoms with Crippen molar-refractivity contribution in [3.63, 3.8) is 0 Å². The summed E-state index contributed by atoms with van der Waals surface area (Å²) in [5.41, 5.74) is 5.47. The van der Waals surface area contributed by atoms with Crippen molar-refractivity contribution in [2.24, 2.45) is 5.10 Å². The highest BCUT2D eigenvalue weighted by molar-refractivity contribution is 9.10. The standard InChI is InChI=1S/C18H17BrN4O2/c1-2-14(13-9-12(19)7-8-17(13)24)21-22-18(25)10-23-11-20-15-5-3-4-6-16(15)23/h3-9,11,24H,2,10H2,1H3,(H,22,25)/b21-14+. The molecule has 0 aliphatic heterocycles. The molecule has 0 bridgehead atoms. The Morgan fingerprint density at radius 1 is 1.32 bits per heavy atom. The van der Waals surface area contributed by atoms with Gasteiger partial charge in [-0.15, -0.1) is 0 Å². The van der Waals surface area contributed by atoms with E-state index in [1.807, 2.05) is 31.2 Å². The number of benzene rings is 2. The van der Waals surface area contributed by atoms with Gasteiger partial charge in [0.1, 0.15) is 12.3 Å². The van der Waals surface area contributed by atoms with Crippen LogP contribution in [0.2, 0.25) is 0 Å². The summed E-state index contributed by atoms with van der Waals surface area (Å²) in [6, 6.07) is 12.7. The molecule has 0 unspecified atom stereocenters. The summed E-state index contributed by atoms with van der Waals surface area (Å²) in [7, 11) is 0. The highest BCUT2D eigenvalue weighted by atomic mass is 79.9. The van der Waals surface area contributed by atoms with E-state index >= 15 is 0 Å². The van der Waals surface area contributed by atoms with Gasteiger partial charge in [0.2, 0.25) is 0 Å². The molecule has 1 aromatic heterocycles. The number of aromatic hydroxyl groups is 1. The lowest BCUT2D eigenvalue weighted by atomic mass is 10.1. The Morgan fingerprint density at radius 3 is 2.92 bits per heavy atom. The third-order valence-corrected chi connectivity index (χ3v) is 4.25. The second-order valence-electron chi connectivity index (χ2n) is 5.47. The molecule has 2 N–H and O–H groups in total. The number of nitrogens with zero attached hydrogens (tertiary/aromatic N) is 3. The van der Waals surface area contributed by atoms with Gasteiger partial charge >= 0.3 is 0 Å². The van der Waals surface area contributed by atoms with E-state index in [9.17, 15) is 9.90 Å². The average Bonchev–Trinajstić information content (AvgIpc) is 3.01. The van der Waals surface area contributed by atoms with E-state index in [0.29, 0.717) is 17.7 Å². The quantitative estimate of drug-likeness (QED) is 0.508. The second-order valence-corrected chi connectivity index (χ2v) is 6.39. The molecule has 3 aromatic rings. The van der Waals surface area contributed by atoms with Crippen LogP contribution < -0.4 is 5.43 Å². The molecule has 0 saturated carbocycles. The van der Waals surface area contributed by atoms with E-state index < -0.39 is 0 Å². The fourth-order valence-electron chi connectivity index (χ4n) is 2.53. The molecule has 0 aliphatic carbocycles. The van der Waals surface area contributed by atoms with Gasteiger partial charge in [-0.25, -0.2) is 10.4 Å². The van der Waals surface area contributed by atoms with Crippen molar-refractivity contribution in [3.8, 4) is 5.75 Å². The predicted octanol–water partition coefficient (Wildman–Crippen LogP) is 3.43. The largest absolute Gasteiger partial charge is 0.507 e. The van der Waals surface area contributed by atoms with Gasteiger partial charge in [-0.3, -0.25) is 4.79 Å². The van der Waals surface area contributed by atoms with Gasteiger partial charge in [0.15, 0.2) is 0 Å². The number of phenols is 1. The summed E-state index contributed by atoms with van der Waals surface area (Å²) in [5, 5.41) is 14.2. The monoisotopic (exact) mass is 400 g/mol. The zero-order valence-corrected chi connectivity index (χ0v) is 15.2. The maximum atomic E-state index is 12.2. The molecule has 1 heterocycles. The summed E-state index contributed by atoms with van der Waals surface area (Å²) in [6.07, 6.45) is 2.20. The Bertz CT molecular complexity index is 949. The zero-order chi connectivity index (χ0) is 17.8. The zero-order valence-electron chi connectivity index (χ0n) is 13.6. The summed E-state index contributed by atoms with van der Waals surface area (Å²) >= 11 is 3.37. The van der Waals surface area contributed by atoms with Crippen LogP contribution in [0.4, 0.5) is 0 Å². The number of aromatic nitrogens is 2. The van der Waals surface area contributed by atoms with E-state index in [1.54, 1.807) is 29.1 Å². The van der Waals surface area contributed by atoms with Crippen LogP contribution in [0.15, 0.2) is 58.4 Å². The highest BCUT2D eigenvalue weighted by Crippen LogP contribution is 2.23. The SMILES string of the molecule is CC/C(=N\NC(=O)Cn1cnc2ccccc21)c1cc(Br)ccc1O. The summed E-state index contributed by atoms with van der Waals surface area (Å²) < 4.78 is 2.60. The van der Waals surface area contributed by atoms with Crippen molar-refractivity contribution in [1.29, 1.82) is 0 Å². The number of hydrogen-bond donors (Lipinski definition) is 2. The number of carbonyl (C=O) groups is 1. The third kappa shape index (κ3) is 3.88. The summed E-state index contributed by atoms with van der Waals surface area (Å²) in [6.45, 7) is 2.03. The highest BCUT2D eigenvalue weighted by Gasteiger charge is 2.10. The number of imidazole rings is 1. The van der Waals surface area contributed by atoms with E-state index in [2.05, 4.69) is 31.4 Å². The van der Waals surface area contributed by atoms with Crippen molar-refractivity contribution in [1.82, 2.24) is 15.0 Å². The van der Waals surface area contributed by atoms with E-state index in [-0.39, 0.29) is 18.2 Å². The number of para-hydroxylation sites is 2. The molecule has 25 heavy (non-hydrogen) atoms. The molecule has 128 valence electrons. The first kappa shape index (κ1) is 17.2. The molecular weight excluding hydrogens is 384 g/mol. The molecule has 0 saturated heterocycles. The molecule has 0 fully saturated rings. The van der Waals surface area contributed by atoms with Crippen molar-refractivity contribution < 1.29 is 9.90 Å². The molecule has 0 atom stereocenters. The predicted molar refractivity (Wildman–Crippen MR) is 101 cm³/mol. The van der Waals surface area contributed by atoms with Gasteiger partial charge in [0.25, 0.3) is 5.91 Å². The molecule has 0 spiro atoms. The van der Waals surface area contributed by atoms with E-state index in [1.165, 1.54) is 0 Å². The van der Waals surface area contributed by atoms with E-state index in [0.717, 1.165) is 15.5 Å². The maximum Gasteiger partial charge on any atom is 0.260 e. The van der Waals surface area contributed by atoms with Crippen molar-refractivity contribution in [3.05, 3.63) is 58.8 Å². The number of nitrogens with one attached hydrogen (secondary N) is 1. The lowest BCUT2D eigenvalue weighted by Gasteiger charge is -2.08. The fourth-order valence-corrected chi connectivity index (χ4v) is 2.89. The number of amides is 1. The van der Waals surface area contributed by atoms with E-state index in [4.69, 9.17) is 0 Å². The first-order valence-electron chi connectivity index (χ1n) is 7.82. The third-order valence-electron chi connectivity index (χ3n) is 3.76. The smallest absolute Gasteiger partial charge is 0.260 e. The van der Waals surface area contributed by atoms with Crippen molar-refractivity contribution >= 4 is 38.6 Å². The Hall–Kier alpha value is -2.67. The van der Waals surface area contributed by atoms with Crippen LogP contribution in [-0.4, -0.2) is 26.3 Å². The second kappa shape index (κ2) is 7.48. The molecule has 2 aromatic carbocycles. The first-order chi connectivity index (χ1) is 12.1. The Morgan fingerprint density at radius 2 is 2.12 bits per heavy atom. The Balaban J connectivity index is 1.75. The van der Waals surface area contributed by atoms with Gasteiger partial charge < -0.3 is 9.67 Å². The van der Waals surface area contributed by atoms with Crippen LogP contribution in [0.1, 0.15) is 18.9 Å². The van der Waals surface area contributed by atoms with Crippen molar-refractivity contribution in [2.75, 3.05) is 0 Å². The number of hydrazone groups is 1. The van der Waals surface area contributed by atoms with Crippen LogP contribution in [0.25, 0.3) is 11.0 Å². The fraction of sp³-hybridized carbons (Fsp3) is 0.167. The Kier molecular flexibility index (Phi) is 5.14. The van der Waals surface area contributed by atoms with Gasteiger partial charge in [-0.1, -0.05) is 35.0 Å². The lowest BCUT2D eigenvalue weighted by molar-refractivity contribution is -0.121. The number of carbonyl (C=O) groups excluding carboxylic acids is 1. The minimum absolute atomic E-state index is 0.117. The molecule has 0 aliphatic rings. The van der Waals surface area contributed by atoms with Gasteiger partial charge in [0.05, 0.1) is 23.1 Å². The maximum absolute atomic E-state index is 12.2. The normalized spacial score (nSPS) is 11.7. The number of rotatable bonds is 5. The van der Waals surface area contributed by atoms with Crippen LogP contribution >= 0.6 is 15.9 Å². The van der Waals surface area contributed by atoms with Gasteiger partial charge in [0, 0.05) is 10.0 Å². The Labute approximate surface area is 153 Å². The molecule has 7 heteroatoms. The topological polar surface area (TPSA) is 79.5 Å². The number of fused-ring (bicyclic) bond motifs is 1. The number of halogens is 1. The van der Waals surface area contributed by atoms with Crippen LogP contribution in [-0.2, 0) is 11.3 Å². The molecule has 3 rings (SSSR count). The molecule has 6 nitrogen and oxygen atoms in total. The minimum Gasteiger partial charge on any atom is -0.507 e. The van der Waals surface area contributed by atoms with Crippen LogP contribution in [0.3, 0.4) is 0 Å². The number of hydrogen-bond acceptors (Lipinski definition) is 4. The minimum atomic E-state index is -0.261. The number of phenolic OH excluding ortho intramolecular Hbond substituents is 1. The van der Waals surface area contributed by atoms with Crippen molar-refractivity contribution in [2.45, 2.75) is 19.9 Å². The first-order valence-corrected chi connectivity index (χ1v) is 8.62. The van der Waals surface area contributed by atoms with Gasteiger partial charge in [-0.2, -0.15) is 5.10 Å². The van der Waals surface area contributed by atoms with Crippen LogP contribution in [0.5, 0.6) is 5.75 Å². The van der Waals surface area contributed by atoms with Crippen LogP contribution in [0, 0.1) is 0 Å². The van der Waals surface area contributed by atoms with Gasteiger partial charge in [-0.05, 0) is 36.8 Å². The molecular formula is C18H17BrN4O2. The average molecular weight is 401 g/mol. The lowest BCUT2D eigenvalue weighted by Crippen LogP contribution is -2.24. The summed E-state index contributed by atoms with van der Waals surface area (Å²) in [5.74, 6) is -0.137. The molecule has 1 amide bonds.